The molecule has 0 aliphatic heterocycles. The smallest absolute Gasteiger partial charge is 0.332 e. The number of hydrogen-bond acceptors (Lipinski definition) is 7. The first kappa shape index (κ1) is 23.6. The molecule has 8 nitrogen and oxygen atoms in total. The molecule has 0 atom stereocenters. The summed E-state index contributed by atoms with van der Waals surface area (Å²) in [6.45, 7) is 2.46. The zero-order valence-electron chi connectivity index (χ0n) is 16.9. The quantitative estimate of drug-likeness (QED) is 0.390. The van der Waals surface area contributed by atoms with E-state index in [0.717, 1.165) is 22.4 Å². The van der Waals surface area contributed by atoms with Crippen molar-refractivity contribution in [2.45, 2.75) is 13.5 Å². The molecule has 0 aliphatic rings. The number of aryl methyl sites for hydroxylation is 1. The number of nitrogens with two attached hydrogens (primary N) is 1. The van der Waals surface area contributed by atoms with Crippen LogP contribution in [0.5, 0.6) is 0 Å². The van der Waals surface area contributed by atoms with Gasteiger partial charge in [-0.15, -0.1) is 0 Å². The number of nitrogens with one attached hydrogen (secondary N) is 1. The summed E-state index contributed by atoms with van der Waals surface area (Å²) < 4.78 is 28.3. The Hall–Kier alpha value is -2.63. The molecule has 3 aromatic rings. The second-order valence-electron chi connectivity index (χ2n) is 6.46. The number of rotatable bonds is 6. The largest absolute Gasteiger partial charge is 0.335 e. The average Bonchev–Trinajstić information content (AvgIpc) is 3.17. The van der Waals surface area contributed by atoms with E-state index >= 15 is 0 Å². The molecule has 1 aromatic heterocycles. The second kappa shape index (κ2) is 10.4. The minimum atomic E-state index is -3.91. The molecule has 160 valence electrons. The predicted molar refractivity (Wildman–Crippen MR) is 120 cm³/mol. The van der Waals surface area contributed by atoms with Gasteiger partial charge in [-0.05, 0) is 30.2 Å². The number of benzene rings is 2. The van der Waals surface area contributed by atoms with Crippen molar-refractivity contribution < 1.29 is 17.8 Å². The molecule has 4 N–H and O–H groups in total. The lowest BCUT2D eigenvalue weighted by Crippen LogP contribution is -2.20. The molecule has 3 rings (SSSR count). The van der Waals surface area contributed by atoms with Crippen LogP contribution in [0.3, 0.4) is 0 Å². The maximum atomic E-state index is 12.5. The number of ketones is 1. The van der Waals surface area contributed by atoms with E-state index in [9.17, 15) is 13.2 Å². The number of carbonyl (C=O) groups is 1. The molecule has 30 heavy (non-hydrogen) atoms. The number of anilines is 2. The van der Waals surface area contributed by atoms with Gasteiger partial charge in [0.1, 0.15) is 0 Å². The van der Waals surface area contributed by atoms with Crippen molar-refractivity contribution in [1.82, 2.24) is 9.29 Å². The van der Waals surface area contributed by atoms with Crippen LogP contribution in [0.25, 0.3) is 0 Å². The summed E-state index contributed by atoms with van der Waals surface area (Å²) in [4.78, 5) is 17.5. The maximum absolute atomic E-state index is 12.5. The second-order valence-corrected chi connectivity index (χ2v) is 9.12. The highest BCUT2D eigenvalue weighted by molar-refractivity contribution is 7.83. The number of thiazole rings is 1. The highest BCUT2D eigenvalue weighted by atomic mass is 32.2. The van der Waals surface area contributed by atoms with Crippen LogP contribution in [0.2, 0.25) is 0 Å². The van der Waals surface area contributed by atoms with Gasteiger partial charge in [-0.2, -0.15) is 12.7 Å². The van der Waals surface area contributed by atoms with Gasteiger partial charge in [0.2, 0.25) is 5.78 Å². The Morgan fingerprint density at radius 3 is 2.30 bits per heavy atom. The topological polar surface area (TPSA) is 126 Å². The van der Waals surface area contributed by atoms with Gasteiger partial charge in [-0.1, -0.05) is 47.7 Å². The maximum Gasteiger partial charge on any atom is 0.335 e. The van der Waals surface area contributed by atoms with Crippen molar-refractivity contribution >= 4 is 38.2 Å². The van der Waals surface area contributed by atoms with Crippen LogP contribution in [0.4, 0.5) is 10.8 Å². The van der Waals surface area contributed by atoms with Gasteiger partial charge in [0, 0.05) is 31.9 Å². The first-order valence-electron chi connectivity index (χ1n) is 8.89. The van der Waals surface area contributed by atoms with E-state index in [2.05, 4.69) is 10.3 Å². The Bertz CT molecular complexity index is 1090. The molecule has 0 amide bonds. The van der Waals surface area contributed by atoms with Crippen molar-refractivity contribution in [2.24, 2.45) is 5.73 Å². The first-order valence-corrected chi connectivity index (χ1v) is 11.1. The van der Waals surface area contributed by atoms with E-state index < -0.39 is 10.3 Å². The number of hydrogen-bond donors (Lipinski definition) is 3. The summed E-state index contributed by atoms with van der Waals surface area (Å²) in [6, 6.07) is 15.4. The van der Waals surface area contributed by atoms with E-state index in [0.29, 0.717) is 20.9 Å². The van der Waals surface area contributed by atoms with E-state index in [4.69, 9.17) is 10.3 Å². The van der Waals surface area contributed by atoms with Gasteiger partial charge in [0.15, 0.2) is 5.13 Å². The summed E-state index contributed by atoms with van der Waals surface area (Å²) >= 11 is 1.35. The molecule has 10 heteroatoms. The molecule has 0 fully saturated rings. The zero-order valence-corrected chi connectivity index (χ0v) is 18.5. The Kier molecular flexibility index (Phi) is 8.21. The van der Waals surface area contributed by atoms with Gasteiger partial charge in [-0.3, -0.25) is 9.35 Å². The third-order valence-electron chi connectivity index (χ3n) is 4.02. The van der Waals surface area contributed by atoms with E-state index in [1.165, 1.54) is 25.4 Å². The monoisotopic (exact) mass is 448 g/mol. The third kappa shape index (κ3) is 6.71. The fraction of sp³-hybridized carbons (Fsp3) is 0.200. The number of nitrogens with zero attached hydrogens (tertiary/aromatic N) is 2. The molecule has 2 aromatic carbocycles. The van der Waals surface area contributed by atoms with Crippen LogP contribution in [-0.4, -0.2) is 42.1 Å². The molecule has 0 saturated heterocycles. The third-order valence-corrected chi connectivity index (χ3v) is 5.86. The summed E-state index contributed by atoms with van der Waals surface area (Å²) in [6.07, 6.45) is 1.62. The van der Waals surface area contributed by atoms with Gasteiger partial charge < -0.3 is 11.1 Å². The van der Waals surface area contributed by atoms with Gasteiger partial charge in [0.05, 0.1) is 11.1 Å². The number of carbonyl (C=O) groups excluding carboxylic acids is 1. The summed E-state index contributed by atoms with van der Waals surface area (Å²) in [5.41, 5.74) is 9.27. The molecule has 0 aliphatic carbocycles. The van der Waals surface area contributed by atoms with Gasteiger partial charge in [0.25, 0.3) is 0 Å². The summed E-state index contributed by atoms with van der Waals surface area (Å²) in [5.74, 6) is 0.00660. The molecule has 0 bridgehead atoms. The lowest BCUT2D eigenvalue weighted by atomic mass is 10.0. The lowest BCUT2D eigenvalue weighted by molar-refractivity contribution is 0.104. The van der Waals surface area contributed by atoms with E-state index in [1.807, 2.05) is 55.5 Å². The van der Waals surface area contributed by atoms with E-state index in [-0.39, 0.29) is 5.78 Å². The molecule has 0 radical (unpaired) electrons. The Morgan fingerprint density at radius 2 is 1.77 bits per heavy atom. The molecule has 0 spiro atoms. The normalized spacial score (nSPS) is 11.0. The Balaban J connectivity index is 0.000000396. The van der Waals surface area contributed by atoms with Crippen molar-refractivity contribution in [3.8, 4) is 0 Å². The van der Waals surface area contributed by atoms with Crippen LogP contribution in [0.15, 0.2) is 54.7 Å². The Morgan fingerprint density at radius 1 is 1.17 bits per heavy atom. The highest BCUT2D eigenvalue weighted by Gasteiger charge is 2.14. The minimum absolute atomic E-state index is 0.00660. The average molecular weight is 449 g/mol. The summed E-state index contributed by atoms with van der Waals surface area (Å²) in [5, 5.41) is 3.91. The SMILES string of the molecule is CN(C)S(=O)(=O)O.Cc1ccccc1C(=O)c1cnc(Nc2ccc(CN)cc2)s1. The van der Waals surface area contributed by atoms with E-state index in [1.54, 1.807) is 6.20 Å². The standard InChI is InChI=1S/C18H17N3OS.C2H7NO3S/c1-12-4-2-3-5-15(12)17(22)16-11-20-18(23-16)21-14-8-6-13(10-19)7-9-14;1-3(2)7(4,5)6/h2-9,11H,10,19H2,1H3,(H,20,21);1-2H3,(H,4,5,6). The molecule has 0 saturated carbocycles. The highest BCUT2D eigenvalue weighted by Crippen LogP contribution is 2.25. The van der Waals surface area contributed by atoms with Crippen molar-refractivity contribution in [3.05, 3.63) is 76.3 Å². The van der Waals surface area contributed by atoms with Gasteiger partial charge >= 0.3 is 10.3 Å². The van der Waals surface area contributed by atoms with Crippen LogP contribution < -0.4 is 11.1 Å². The zero-order chi connectivity index (χ0) is 22.3. The van der Waals surface area contributed by atoms with Gasteiger partial charge in [-0.25, -0.2) is 4.98 Å². The molecule has 0 unspecified atom stereocenters. The van der Waals surface area contributed by atoms with Crippen LogP contribution in [0.1, 0.15) is 26.4 Å². The lowest BCUT2D eigenvalue weighted by Gasteiger charge is -2.03. The predicted octanol–water partition coefficient (Wildman–Crippen LogP) is 3.24. The van der Waals surface area contributed by atoms with Crippen molar-refractivity contribution in [3.63, 3.8) is 0 Å². The summed E-state index contributed by atoms with van der Waals surface area (Å²) in [7, 11) is -1.42. The van der Waals surface area contributed by atoms with Crippen LogP contribution in [-0.2, 0) is 16.8 Å². The Labute approximate surface area is 180 Å². The van der Waals surface area contributed by atoms with Crippen molar-refractivity contribution in [2.75, 3.05) is 19.4 Å². The molecular weight excluding hydrogens is 424 g/mol. The fourth-order valence-corrected chi connectivity index (χ4v) is 3.04. The number of aromatic nitrogens is 1. The minimum Gasteiger partial charge on any atom is -0.332 e. The molecule has 1 heterocycles. The van der Waals surface area contributed by atoms with Crippen LogP contribution in [0, 0.1) is 6.92 Å². The van der Waals surface area contributed by atoms with Crippen molar-refractivity contribution in [1.29, 1.82) is 0 Å². The fourth-order valence-electron chi connectivity index (χ4n) is 2.24. The van der Waals surface area contributed by atoms with Crippen LogP contribution >= 0.6 is 11.3 Å². The first-order chi connectivity index (χ1) is 14.1. The molecular formula is C20H24N4O4S2.